The number of rotatable bonds is 4. The third kappa shape index (κ3) is 2.82. The maximum absolute atomic E-state index is 4.29. The molecule has 1 unspecified atom stereocenters. The molecule has 1 atom stereocenters. The van der Waals surface area contributed by atoms with Gasteiger partial charge in [-0.2, -0.15) is 0 Å². The molecule has 0 aromatic carbocycles. The van der Waals surface area contributed by atoms with Crippen molar-refractivity contribution >= 4 is 0 Å². The van der Waals surface area contributed by atoms with Gasteiger partial charge in [0.25, 0.3) is 0 Å². The molecule has 1 aliphatic rings. The number of nitrogens with one attached hydrogen (secondary N) is 1. The Hall–Kier alpha value is -0.890. The molecule has 1 saturated carbocycles. The molecule has 1 aliphatic carbocycles. The van der Waals surface area contributed by atoms with Gasteiger partial charge < -0.3 is 5.32 Å². The minimum Gasteiger partial charge on any atom is -0.313 e. The highest BCUT2D eigenvalue weighted by atomic mass is 14.9. The first kappa shape index (κ1) is 11.6. The Balaban J connectivity index is 2.03. The predicted octanol–water partition coefficient (Wildman–Crippen LogP) is 3.23. The fourth-order valence-corrected chi connectivity index (χ4v) is 2.77. The topological polar surface area (TPSA) is 24.9 Å². The van der Waals surface area contributed by atoms with Crippen LogP contribution in [0.2, 0.25) is 0 Å². The predicted molar refractivity (Wildman–Crippen MR) is 67.3 cm³/mol. The molecule has 1 fully saturated rings. The summed E-state index contributed by atoms with van der Waals surface area (Å²) in [5.74, 6) is 0.915. The average Bonchev–Trinajstić information content (AvgIpc) is 2.78. The van der Waals surface area contributed by atoms with E-state index in [1.165, 1.54) is 43.2 Å². The van der Waals surface area contributed by atoms with E-state index in [4.69, 9.17) is 0 Å². The second-order valence-electron chi connectivity index (χ2n) is 5.02. The van der Waals surface area contributed by atoms with E-state index in [0.717, 1.165) is 5.92 Å². The summed E-state index contributed by atoms with van der Waals surface area (Å²) < 4.78 is 0. The number of aryl methyl sites for hydroxylation is 1. The first-order chi connectivity index (χ1) is 7.79. The molecular formula is C14H22N2. The Kier molecular flexibility index (Phi) is 3.94. The molecule has 0 bridgehead atoms. The lowest BCUT2D eigenvalue weighted by molar-refractivity contribution is 0.413. The molecule has 0 saturated heterocycles. The molecule has 0 amide bonds. The summed E-state index contributed by atoms with van der Waals surface area (Å²) in [4.78, 5) is 4.29. The van der Waals surface area contributed by atoms with Gasteiger partial charge in [0, 0.05) is 18.4 Å². The van der Waals surface area contributed by atoms with E-state index in [2.05, 4.69) is 30.3 Å². The zero-order chi connectivity index (χ0) is 11.4. The molecule has 1 heterocycles. The molecule has 88 valence electrons. The molecule has 0 spiro atoms. The lowest BCUT2D eigenvalue weighted by Gasteiger charge is -2.20. The smallest absolute Gasteiger partial charge is 0.0335 e. The molecule has 1 aromatic rings. The number of nitrogens with zero attached hydrogens (tertiary/aromatic N) is 1. The fourth-order valence-electron chi connectivity index (χ4n) is 2.77. The van der Waals surface area contributed by atoms with Crippen LogP contribution in [0.3, 0.4) is 0 Å². The Labute approximate surface area is 98.5 Å². The summed E-state index contributed by atoms with van der Waals surface area (Å²) in [7, 11) is 2.06. The molecular weight excluding hydrogens is 196 g/mol. The van der Waals surface area contributed by atoms with Gasteiger partial charge in [-0.25, -0.2) is 0 Å². The van der Waals surface area contributed by atoms with Gasteiger partial charge in [0.15, 0.2) is 0 Å². The maximum atomic E-state index is 4.29. The van der Waals surface area contributed by atoms with E-state index in [9.17, 15) is 0 Å². The van der Waals surface area contributed by atoms with Crippen LogP contribution in [0.5, 0.6) is 0 Å². The molecule has 0 aliphatic heterocycles. The summed E-state index contributed by atoms with van der Waals surface area (Å²) in [6.45, 7) is 2.11. The molecule has 1 aromatic heterocycles. The highest BCUT2D eigenvalue weighted by molar-refractivity contribution is 5.20. The second-order valence-corrected chi connectivity index (χ2v) is 5.02. The summed E-state index contributed by atoms with van der Waals surface area (Å²) in [5, 5.41) is 3.43. The highest BCUT2D eigenvalue weighted by Crippen LogP contribution is 2.32. The minimum atomic E-state index is 0.482. The highest BCUT2D eigenvalue weighted by Gasteiger charge is 2.20. The first-order valence-electron chi connectivity index (χ1n) is 6.38. The number of pyridine rings is 1. The number of hydrogen-bond acceptors (Lipinski definition) is 2. The molecule has 16 heavy (non-hydrogen) atoms. The van der Waals surface area contributed by atoms with Gasteiger partial charge in [-0.3, -0.25) is 4.98 Å². The van der Waals surface area contributed by atoms with Crippen LogP contribution in [0.15, 0.2) is 18.5 Å². The van der Waals surface area contributed by atoms with Crippen molar-refractivity contribution in [3.05, 3.63) is 29.6 Å². The van der Waals surface area contributed by atoms with Gasteiger partial charge in [0.1, 0.15) is 0 Å². The third-order valence-electron chi connectivity index (χ3n) is 3.69. The number of aromatic nitrogens is 1. The van der Waals surface area contributed by atoms with E-state index < -0.39 is 0 Å². The van der Waals surface area contributed by atoms with Crippen LogP contribution in [0.4, 0.5) is 0 Å². The maximum Gasteiger partial charge on any atom is 0.0335 e. The van der Waals surface area contributed by atoms with Crippen LogP contribution in [-0.4, -0.2) is 12.0 Å². The summed E-state index contributed by atoms with van der Waals surface area (Å²) in [6, 6.07) is 2.74. The zero-order valence-electron chi connectivity index (χ0n) is 10.4. The Morgan fingerprint density at radius 2 is 2.12 bits per heavy atom. The van der Waals surface area contributed by atoms with Gasteiger partial charge in [-0.05, 0) is 37.4 Å². The van der Waals surface area contributed by atoms with Gasteiger partial charge in [-0.15, -0.1) is 0 Å². The van der Waals surface area contributed by atoms with Crippen LogP contribution in [0.25, 0.3) is 0 Å². The normalized spacial score (nSPS) is 18.9. The lowest BCUT2D eigenvalue weighted by atomic mass is 9.94. The van der Waals surface area contributed by atoms with Crippen LogP contribution < -0.4 is 5.32 Å². The monoisotopic (exact) mass is 218 g/mol. The van der Waals surface area contributed by atoms with Crippen LogP contribution in [-0.2, 0) is 0 Å². The number of hydrogen-bond donors (Lipinski definition) is 1. The Morgan fingerprint density at radius 3 is 2.75 bits per heavy atom. The van der Waals surface area contributed by atoms with Crippen LogP contribution >= 0.6 is 0 Å². The SMILES string of the molecule is CNC(CC1CCCC1)c1cncc(C)c1. The van der Waals surface area contributed by atoms with Crippen LogP contribution in [0, 0.1) is 12.8 Å². The van der Waals surface area contributed by atoms with Crippen molar-refractivity contribution in [3.63, 3.8) is 0 Å². The van der Waals surface area contributed by atoms with Crippen molar-refractivity contribution < 1.29 is 0 Å². The van der Waals surface area contributed by atoms with E-state index >= 15 is 0 Å². The van der Waals surface area contributed by atoms with Crippen molar-refractivity contribution in [1.29, 1.82) is 0 Å². The Bertz CT molecular complexity index is 329. The standard InChI is InChI=1S/C14H22N2/c1-11-7-13(10-16-9-11)14(15-2)8-12-5-3-4-6-12/h7,9-10,12,14-15H,3-6,8H2,1-2H3. The lowest BCUT2D eigenvalue weighted by Crippen LogP contribution is -2.19. The van der Waals surface area contributed by atoms with Crippen molar-refractivity contribution in [3.8, 4) is 0 Å². The molecule has 2 rings (SSSR count). The Morgan fingerprint density at radius 1 is 1.38 bits per heavy atom. The van der Waals surface area contributed by atoms with E-state index in [1.807, 2.05) is 12.4 Å². The molecule has 2 heteroatoms. The van der Waals surface area contributed by atoms with Gasteiger partial charge >= 0.3 is 0 Å². The van der Waals surface area contributed by atoms with Crippen molar-refractivity contribution in [1.82, 2.24) is 10.3 Å². The molecule has 1 N–H and O–H groups in total. The van der Waals surface area contributed by atoms with E-state index in [1.54, 1.807) is 0 Å². The first-order valence-corrected chi connectivity index (χ1v) is 6.38. The molecule has 0 radical (unpaired) electrons. The van der Waals surface area contributed by atoms with Gasteiger partial charge in [-0.1, -0.05) is 31.7 Å². The van der Waals surface area contributed by atoms with Crippen molar-refractivity contribution in [2.75, 3.05) is 7.05 Å². The second kappa shape index (κ2) is 5.44. The minimum absolute atomic E-state index is 0.482. The third-order valence-corrected chi connectivity index (χ3v) is 3.69. The van der Waals surface area contributed by atoms with Gasteiger partial charge in [0.05, 0.1) is 0 Å². The summed E-state index contributed by atoms with van der Waals surface area (Å²) >= 11 is 0. The van der Waals surface area contributed by atoms with Gasteiger partial charge in [0.2, 0.25) is 0 Å². The largest absolute Gasteiger partial charge is 0.313 e. The fraction of sp³-hybridized carbons (Fsp3) is 0.643. The zero-order valence-corrected chi connectivity index (χ0v) is 10.4. The van der Waals surface area contributed by atoms with E-state index in [-0.39, 0.29) is 0 Å². The quantitative estimate of drug-likeness (QED) is 0.839. The van der Waals surface area contributed by atoms with Crippen molar-refractivity contribution in [2.24, 2.45) is 5.92 Å². The van der Waals surface area contributed by atoms with E-state index in [0.29, 0.717) is 6.04 Å². The summed E-state index contributed by atoms with van der Waals surface area (Å²) in [5.41, 5.74) is 2.60. The average molecular weight is 218 g/mol. The summed E-state index contributed by atoms with van der Waals surface area (Å²) in [6.07, 6.45) is 10.9. The molecule has 2 nitrogen and oxygen atoms in total. The van der Waals surface area contributed by atoms with Crippen molar-refractivity contribution in [2.45, 2.75) is 45.1 Å². The van der Waals surface area contributed by atoms with Crippen LogP contribution in [0.1, 0.15) is 49.3 Å².